The van der Waals surface area contributed by atoms with Crippen LogP contribution in [0, 0.1) is 6.42 Å². The highest BCUT2D eigenvalue weighted by Gasteiger charge is 2.40. The van der Waals surface area contributed by atoms with Gasteiger partial charge < -0.3 is 0 Å². The van der Waals surface area contributed by atoms with E-state index in [0.717, 1.165) is 0 Å². The van der Waals surface area contributed by atoms with Crippen molar-refractivity contribution >= 4 is 11.6 Å². The lowest BCUT2D eigenvalue weighted by atomic mass is 10.0. The van der Waals surface area contributed by atoms with Crippen molar-refractivity contribution in [2.45, 2.75) is 12.3 Å². The SMILES string of the molecule is FC1=C(C(F)(F)F)C=C(Cl)[CH]C1F. The molecule has 0 spiro atoms. The van der Waals surface area contributed by atoms with Gasteiger partial charge in [0.25, 0.3) is 0 Å². The summed E-state index contributed by atoms with van der Waals surface area (Å²) >= 11 is 5.14. The monoisotopic (exact) mass is 217 g/mol. The van der Waals surface area contributed by atoms with Gasteiger partial charge in [0.05, 0.1) is 5.57 Å². The first-order chi connectivity index (χ1) is 5.82. The molecule has 6 heteroatoms. The van der Waals surface area contributed by atoms with E-state index in [1.165, 1.54) is 0 Å². The second-order valence-electron chi connectivity index (χ2n) is 2.36. The summed E-state index contributed by atoms with van der Waals surface area (Å²) in [5.74, 6) is -1.85. The van der Waals surface area contributed by atoms with Crippen molar-refractivity contribution < 1.29 is 22.0 Å². The normalized spacial score (nSPS) is 24.8. The molecule has 0 amide bonds. The van der Waals surface area contributed by atoms with Gasteiger partial charge in [-0.25, -0.2) is 8.78 Å². The third-order valence-electron chi connectivity index (χ3n) is 1.39. The minimum absolute atomic E-state index is 0.354. The molecule has 0 N–H and O–H groups in total. The fourth-order valence-corrected chi connectivity index (χ4v) is 1.05. The van der Waals surface area contributed by atoms with Crippen molar-refractivity contribution in [2.75, 3.05) is 0 Å². The zero-order valence-corrected chi connectivity index (χ0v) is 6.76. The molecule has 0 fully saturated rings. The number of hydrogen-bond donors (Lipinski definition) is 0. The molecular weight excluding hydrogens is 215 g/mol. The van der Waals surface area contributed by atoms with E-state index in [9.17, 15) is 22.0 Å². The molecule has 1 radical (unpaired) electrons. The maximum atomic E-state index is 12.6. The van der Waals surface area contributed by atoms with Gasteiger partial charge in [0, 0.05) is 11.5 Å². The summed E-state index contributed by atoms with van der Waals surface area (Å²) in [6, 6.07) is 0. The minimum Gasteiger partial charge on any atom is -0.239 e. The van der Waals surface area contributed by atoms with Gasteiger partial charge in [-0.2, -0.15) is 13.2 Å². The number of halogens is 6. The molecular formula is C7H3ClF5. The third kappa shape index (κ3) is 2.21. The molecule has 0 heterocycles. The summed E-state index contributed by atoms with van der Waals surface area (Å²) in [7, 11) is 0. The fourth-order valence-electron chi connectivity index (χ4n) is 0.834. The van der Waals surface area contributed by atoms with Crippen LogP contribution >= 0.6 is 11.6 Å². The minimum atomic E-state index is -4.91. The van der Waals surface area contributed by atoms with Crippen molar-refractivity contribution in [1.29, 1.82) is 0 Å². The zero-order valence-electron chi connectivity index (χ0n) is 6.00. The van der Waals surface area contributed by atoms with Gasteiger partial charge in [0.15, 0.2) is 6.17 Å². The van der Waals surface area contributed by atoms with Crippen LogP contribution in [0.5, 0.6) is 0 Å². The smallest absolute Gasteiger partial charge is 0.239 e. The standard InChI is InChI=1S/C7H3ClF5/c8-3-1-4(7(11,12)13)6(10)5(9)2-3/h1-2,5H. The van der Waals surface area contributed by atoms with E-state index in [0.29, 0.717) is 12.5 Å². The zero-order chi connectivity index (χ0) is 10.2. The molecule has 0 nitrogen and oxygen atoms in total. The lowest BCUT2D eigenvalue weighted by Crippen LogP contribution is -2.19. The van der Waals surface area contributed by atoms with Gasteiger partial charge in [-0.3, -0.25) is 0 Å². The maximum absolute atomic E-state index is 12.6. The molecule has 0 saturated carbocycles. The molecule has 1 unspecified atom stereocenters. The van der Waals surface area contributed by atoms with Crippen molar-refractivity contribution in [3.63, 3.8) is 0 Å². The largest absolute Gasteiger partial charge is 0.419 e. The lowest BCUT2D eigenvalue weighted by molar-refractivity contribution is -0.0909. The first-order valence-corrected chi connectivity index (χ1v) is 3.53. The molecule has 0 aliphatic heterocycles. The predicted octanol–water partition coefficient (Wildman–Crippen LogP) is 3.45. The van der Waals surface area contributed by atoms with Gasteiger partial charge in [0.2, 0.25) is 0 Å². The van der Waals surface area contributed by atoms with E-state index in [1.807, 2.05) is 0 Å². The lowest BCUT2D eigenvalue weighted by Gasteiger charge is -2.16. The van der Waals surface area contributed by atoms with Gasteiger partial charge in [-0.05, 0) is 6.08 Å². The van der Waals surface area contributed by atoms with E-state index in [2.05, 4.69) is 0 Å². The molecule has 1 aliphatic rings. The van der Waals surface area contributed by atoms with E-state index in [-0.39, 0.29) is 0 Å². The number of hydrogen-bond acceptors (Lipinski definition) is 0. The second-order valence-corrected chi connectivity index (χ2v) is 2.79. The average Bonchev–Trinajstić information content (AvgIpc) is 1.94. The first kappa shape index (κ1) is 10.5. The molecule has 0 bridgehead atoms. The topological polar surface area (TPSA) is 0 Å². The summed E-state index contributed by atoms with van der Waals surface area (Å²) in [5, 5.41) is -0.457. The summed E-state index contributed by atoms with van der Waals surface area (Å²) in [5.41, 5.74) is -1.66. The van der Waals surface area contributed by atoms with Crippen LogP contribution in [-0.2, 0) is 0 Å². The maximum Gasteiger partial charge on any atom is 0.419 e. The highest BCUT2D eigenvalue weighted by atomic mass is 35.5. The van der Waals surface area contributed by atoms with Crippen LogP contribution in [0.4, 0.5) is 22.0 Å². The third-order valence-corrected chi connectivity index (χ3v) is 1.63. The Morgan fingerprint density at radius 3 is 2.31 bits per heavy atom. The van der Waals surface area contributed by atoms with E-state index < -0.39 is 28.8 Å². The number of allylic oxidation sites excluding steroid dienone is 4. The fraction of sp³-hybridized carbons (Fsp3) is 0.286. The Labute approximate surface area is 75.7 Å². The van der Waals surface area contributed by atoms with Crippen LogP contribution in [0.3, 0.4) is 0 Å². The van der Waals surface area contributed by atoms with E-state index >= 15 is 0 Å². The van der Waals surface area contributed by atoms with Crippen molar-refractivity contribution in [3.8, 4) is 0 Å². The van der Waals surface area contributed by atoms with Crippen LogP contribution in [0.15, 0.2) is 22.5 Å². The molecule has 1 aliphatic carbocycles. The summed E-state index contributed by atoms with van der Waals surface area (Å²) in [4.78, 5) is 0. The van der Waals surface area contributed by atoms with Gasteiger partial charge >= 0.3 is 6.18 Å². The van der Waals surface area contributed by atoms with E-state index in [1.54, 1.807) is 0 Å². The van der Waals surface area contributed by atoms with Gasteiger partial charge in [-0.1, -0.05) is 11.6 Å². The molecule has 0 aromatic heterocycles. The Bertz CT molecular complexity index is 275. The molecule has 1 rings (SSSR count). The Morgan fingerprint density at radius 2 is 1.85 bits per heavy atom. The second kappa shape index (κ2) is 3.29. The van der Waals surface area contributed by atoms with Crippen LogP contribution in [0.2, 0.25) is 0 Å². The summed E-state index contributed by atoms with van der Waals surface area (Å²) in [6.45, 7) is 0. The highest BCUT2D eigenvalue weighted by molar-refractivity contribution is 6.31. The molecule has 0 aromatic rings. The molecule has 73 valence electrons. The molecule has 0 aromatic carbocycles. The Balaban J connectivity index is 3.12. The molecule has 13 heavy (non-hydrogen) atoms. The average molecular weight is 218 g/mol. The van der Waals surface area contributed by atoms with Crippen molar-refractivity contribution in [1.82, 2.24) is 0 Å². The van der Waals surface area contributed by atoms with Crippen molar-refractivity contribution in [3.05, 3.63) is 28.9 Å². The van der Waals surface area contributed by atoms with Crippen LogP contribution in [0.25, 0.3) is 0 Å². The van der Waals surface area contributed by atoms with Crippen LogP contribution in [0.1, 0.15) is 0 Å². The van der Waals surface area contributed by atoms with Gasteiger partial charge in [0.1, 0.15) is 5.83 Å². The summed E-state index contributed by atoms with van der Waals surface area (Å²) < 4.78 is 60.9. The number of rotatable bonds is 0. The van der Waals surface area contributed by atoms with E-state index in [4.69, 9.17) is 11.6 Å². The Morgan fingerprint density at radius 1 is 1.31 bits per heavy atom. The quantitative estimate of drug-likeness (QED) is 0.545. The highest BCUT2D eigenvalue weighted by Crippen LogP contribution is 2.37. The molecule has 1 atom stereocenters. The predicted molar refractivity (Wildman–Crippen MR) is 37.3 cm³/mol. The molecule has 0 saturated heterocycles. The number of alkyl halides is 4. The van der Waals surface area contributed by atoms with Crippen LogP contribution < -0.4 is 0 Å². The Hall–Kier alpha value is -0.580. The van der Waals surface area contributed by atoms with Crippen molar-refractivity contribution in [2.24, 2.45) is 0 Å². The van der Waals surface area contributed by atoms with Gasteiger partial charge in [-0.15, -0.1) is 0 Å². The Kier molecular flexibility index (Phi) is 2.66. The first-order valence-electron chi connectivity index (χ1n) is 3.15. The summed E-state index contributed by atoms with van der Waals surface area (Å²) in [6.07, 6.45) is -6.41. The van der Waals surface area contributed by atoms with Crippen LogP contribution in [-0.4, -0.2) is 12.3 Å².